The lowest BCUT2D eigenvalue weighted by Crippen LogP contribution is -2.51. The number of hydrogen-bond acceptors (Lipinski definition) is 4. The molecule has 0 saturated carbocycles. The van der Waals surface area contributed by atoms with Crippen molar-refractivity contribution in [1.82, 2.24) is 9.62 Å². The maximum Gasteiger partial charge on any atom is 0.283 e. The summed E-state index contributed by atoms with van der Waals surface area (Å²) >= 11 is 1.06. The Morgan fingerprint density at radius 2 is 1.85 bits per heavy atom. The number of ether oxygens (including phenoxy) is 1. The number of rotatable bonds is 7. The topological polar surface area (TPSA) is 41.6 Å². The highest BCUT2D eigenvalue weighted by Gasteiger charge is 2.57. The molecule has 2 heterocycles. The van der Waals surface area contributed by atoms with E-state index < -0.39 is 59.8 Å². The van der Waals surface area contributed by atoms with Gasteiger partial charge in [0.05, 0.1) is 19.2 Å². The molecular weight excluding hydrogens is 482 g/mol. The summed E-state index contributed by atoms with van der Waals surface area (Å²) < 4.78 is 93.9. The summed E-state index contributed by atoms with van der Waals surface area (Å²) in [6.45, 7) is 1.29. The minimum Gasteiger partial charge on any atom is -0.368 e. The average molecular weight is 504 g/mol. The maximum atomic E-state index is 15.4. The van der Waals surface area contributed by atoms with Gasteiger partial charge in [-0.05, 0) is 29.7 Å². The molecule has 1 N–H and O–H groups in total. The van der Waals surface area contributed by atoms with Crippen LogP contribution in [0.4, 0.5) is 26.3 Å². The van der Waals surface area contributed by atoms with Gasteiger partial charge < -0.3 is 9.64 Å². The zero-order chi connectivity index (χ0) is 24.6. The molecule has 2 aromatic carbocycles. The van der Waals surface area contributed by atoms with E-state index in [2.05, 4.69) is 4.72 Å². The van der Waals surface area contributed by atoms with Crippen molar-refractivity contribution >= 4 is 17.9 Å². The van der Waals surface area contributed by atoms with Crippen LogP contribution in [0.15, 0.2) is 30.3 Å². The third-order valence-corrected chi connectivity index (χ3v) is 6.75. The van der Waals surface area contributed by atoms with Gasteiger partial charge in [0.15, 0.2) is 17.5 Å². The quantitative estimate of drug-likeness (QED) is 0.337. The fraction of sp³-hybridized carbons (Fsp3) is 0.435. The Labute approximate surface area is 196 Å². The summed E-state index contributed by atoms with van der Waals surface area (Å²) in [6, 6.07) is 2.79. The van der Waals surface area contributed by atoms with Crippen LogP contribution in [0, 0.1) is 23.3 Å². The standard InChI is InChI=1S/C23H22F6N2O2S/c1-2-34-30-21-17(31(11-23(21,28)29)22(32)18-6-7-33-18)10-12-4-3-5-14(19(12)26)13-8-15(24)20(27)16(25)9-13/h3-5,8-9,17-18,21,30H,2,6-7,10-11H2,1H3/t17-,18?,21+/m0/s1. The molecule has 11 heteroatoms. The summed E-state index contributed by atoms with van der Waals surface area (Å²) in [7, 11) is 0. The third-order valence-electron chi connectivity index (χ3n) is 6.04. The van der Waals surface area contributed by atoms with Crippen molar-refractivity contribution in [3.63, 3.8) is 0 Å². The molecule has 4 rings (SSSR count). The number of halogens is 6. The number of carbonyl (C=O) groups is 1. The Balaban J connectivity index is 1.69. The second-order valence-corrected chi connectivity index (χ2v) is 9.31. The van der Waals surface area contributed by atoms with Crippen molar-refractivity contribution in [3.8, 4) is 11.1 Å². The summed E-state index contributed by atoms with van der Waals surface area (Å²) in [6.07, 6.45) is -0.666. The summed E-state index contributed by atoms with van der Waals surface area (Å²) in [4.78, 5) is 13.9. The van der Waals surface area contributed by atoms with E-state index in [1.807, 2.05) is 0 Å². The molecule has 2 saturated heterocycles. The van der Waals surface area contributed by atoms with Gasteiger partial charge in [-0.1, -0.05) is 37.1 Å². The number of carbonyl (C=O) groups excluding carboxylic acids is 1. The number of nitrogens with one attached hydrogen (secondary N) is 1. The van der Waals surface area contributed by atoms with Crippen LogP contribution in [0.1, 0.15) is 18.9 Å². The van der Waals surface area contributed by atoms with Crippen molar-refractivity contribution in [2.45, 2.75) is 43.9 Å². The maximum absolute atomic E-state index is 15.4. The summed E-state index contributed by atoms with van der Waals surface area (Å²) in [5.41, 5.74) is -0.474. The van der Waals surface area contributed by atoms with Crippen molar-refractivity contribution in [3.05, 3.63) is 59.2 Å². The highest BCUT2D eigenvalue weighted by Crippen LogP contribution is 2.38. The first-order chi connectivity index (χ1) is 16.1. The van der Waals surface area contributed by atoms with E-state index in [-0.39, 0.29) is 23.1 Å². The van der Waals surface area contributed by atoms with Crippen molar-refractivity contribution in [2.75, 3.05) is 18.9 Å². The molecule has 3 atom stereocenters. The Morgan fingerprint density at radius 1 is 1.18 bits per heavy atom. The van der Waals surface area contributed by atoms with Gasteiger partial charge >= 0.3 is 0 Å². The zero-order valence-corrected chi connectivity index (χ0v) is 18.9. The van der Waals surface area contributed by atoms with E-state index >= 15 is 4.39 Å². The molecule has 0 aliphatic carbocycles. The normalized spacial score (nSPS) is 23.7. The predicted molar refractivity (Wildman–Crippen MR) is 115 cm³/mol. The van der Waals surface area contributed by atoms with Crippen molar-refractivity contribution in [2.24, 2.45) is 0 Å². The fourth-order valence-electron chi connectivity index (χ4n) is 4.22. The lowest BCUT2D eigenvalue weighted by Gasteiger charge is -2.34. The van der Waals surface area contributed by atoms with Crippen LogP contribution in [0.5, 0.6) is 0 Å². The molecule has 184 valence electrons. The van der Waals surface area contributed by atoms with Gasteiger partial charge in [-0.3, -0.25) is 9.52 Å². The van der Waals surface area contributed by atoms with Gasteiger partial charge in [0, 0.05) is 17.7 Å². The molecular formula is C23H22F6N2O2S. The van der Waals surface area contributed by atoms with Crippen molar-refractivity contribution < 1.29 is 35.9 Å². The minimum atomic E-state index is -3.27. The molecule has 2 aliphatic rings. The second-order valence-electron chi connectivity index (χ2n) is 8.21. The average Bonchev–Trinajstić information content (AvgIpc) is 3.00. The molecule has 1 unspecified atom stereocenters. The summed E-state index contributed by atoms with van der Waals surface area (Å²) in [5, 5.41) is 0. The Kier molecular flexibility index (Phi) is 7.16. The van der Waals surface area contributed by atoms with Crippen LogP contribution in [-0.4, -0.2) is 53.8 Å². The number of likely N-dealkylation sites (tertiary alicyclic amines) is 1. The SMILES string of the molecule is CCSN[C@@H]1[C@H](Cc2cccc(-c3cc(F)c(F)c(F)c3)c2F)N(C(=O)C2CCO2)CC1(F)F. The highest BCUT2D eigenvalue weighted by atomic mass is 32.2. The number of nitrogens with zero attached hydrogens (tertiary/aromatic N) is 1. The lowest BCUT2D eigenvalue weighted by molar-refractivity contribution is -0.158. The molecule has 0 radical (unpaired) electrons. The van der Waals surface area contributed by atoms with Gasteiger partial charge in [-0.2, -0.15) is 0 Å². The highest BCUT2D eigenvalue weighted by molar-refractivity contribution is 7.97. The monoisotopic (exact) mass is 504 g/mol. The molecule has 2 aromatic rings. The van der Waals surface area contributed by atoms with Crippen LogP contribution in [-0.2, 0) is 16.0 Å². The molecule has 0 aromatic heterocycles. The first-order valence-electron chi connectivity index (χ1n) is 10.7. The summed E-state index contributed by atoms with van der Waals surface area (Å²) in [5.74, 6) is -8.89. The van der Waals surface area contributed by atoms with E-state index in [9.17, 15) is 26.7 Å². The van der Waals surface area contributed by atoms with Gasteiger partial charge in [0.1, 0.15) is 18.0 Å². The number of alkyl halides is 2. The number of hydrogen-bond donors (Lipinski definition) is 1. The third kappa shape index (κ3) is 4.65. The van der Waals surface area contributed by atoms with E-state index in [1.54, 1.807) is 6.92 Å². The Bertz CT molecular complexity index is 1060. The van der Waals surface area contributed by atoms with Crippen LogP contribution in [0.3, 0.4) is 0 Å². The second kappa shape index (κ2) is 9.79. The van der Waals surface area contributed by atoms with E-state index in [4.69, 9.17) is 4.74 Å². The number of benzene rings is 2. The van der Waals surface area contributed by atoms with Crippen LogP contribution < -0.4 is 4.72 Å². The van der Waals surface area contributed by atoms with Gasteiger partial charge in [-0.25, -0.2) is 26.3 Å². The molecule has 34 heavy (non-hydrogen) atoms. The Hall–Kier alpha value is -2.24. The lowest BCUT2D eigenvalue weighted by atomic mass is 9.95. The molecule has 0 spiro atoms. The Morgan fingerprint density at radius 3 is 2.44 bits per heavy atom. The predicted octanol–water partition coefficient (Wildman–Crippen LogP) is 4.71. The largest absolute Gasteiger partial charge is 0.368 e. The molecule has 1 amide bonds. The smallest absolute Gasteiger partial charge is 0.283 e. The van der Waals surface area contributed by atoms with Crippen LogP contribution in [0.2, 0.25) is 0 Å². The van der Waals surface area contributed by atoms with Gasteiger partial charge in [0.2, 0.25) is 0 Å². The fourth-order valence-corrected chi connectivity index (χ4v) is 4.90. The van der Waals surface area contributed by atoms with E-state index in [1.165, 1.54) is 18.2 Å². The molecule has 2 fully saturated rings. The van der Waals surface area contributed by atoms with Crippen LogP contribution in [0.25, 0.3) is 11.1 Å². The number of amides is 1. The van der Waals surface area contributed by atoms with Crippen molar-refractivity contribution in [1.29, 1.82) is 0 Å². The molecule has 0 bridgehead atoms. The first-order valence-corrected chi connectivity index (χ1v) is 11.7. The first kappa shape index (κ1) is 24.9. The van der Waals surface area contributed by atoms with Crippen LogP contribution >= 0.6 is 11.9 Å². The van der Waals surface area contributed by atoms with Gasteiger partial charge in [-0.15, -0.1) is 0 Å². The van der Waals surface area contributed by atoms with Gasteiger partial charge in [0.25, 0.3) is 11.8 Å². The van der Waals surface area contributed by atoms with E-state index in [0.717, 1.165) is 16.8 Å². The zero-order valence-electron chi connectivity index (χ0n) is 18.1. The van der Waals surface area contributed by atoms with E-state index in [0.29, 0.717) is 30.9 Å². The molecule has 4 nitrogen and oxygen atoms in total. The molecule has 2 aliphatic heterocycles. The minimum absolute atomic E-state index is 0.0223.